The van der Waals surface area contributed by atoms with Crippen LogP contribution in [0.4, 0.5) is 4.39 Å². The van der Waals surface area contributed by atoms with Gasteiger partial charge in [0.2, 0.25) is 0 Å². The lowest BCUT2D eigenvalue weighted by molar-refractivity contribution is -0.123. The van der Waals surface area contributed by atoms with Gasteiger partial charge in [-0.05, 0) is 32.4 Å². The summed E-state index contributed by atoms with van der Waals surface area (Å²) < 4.78 is 43.7. The molecule has 1 aliphatic heterocycles. The number of hydrazone groups is 1. The largest absolute Gasteiger partial charge is 0.481 e. The lowest BCUT2D eigenvalue weighted by atomic mass is 10.2. The minimum Gasteiger partial charge on any atom is -0.481 e. The average molecular weight is 408 g/mol. The third-order valence-corrected chi connectivity index (χ3v) is 6.26. The Morgan fingerprint density at radius 3 is 2.86 bits per heavy atom. The number of carbonyl (C=O) groups excluding carboxylic acids is 1. The van der Waals surface area contributed by atoms with Gasteiger partial charge >= 0.3 is 0 Å². The van der Waals surface area contributed by atoms with Crippen molar-refractivity contribution in [3.8, 4) is 5.75 Å². The van der Waals surface area contributed by atoms with Crippen LogP contribution in [0.15, 0.2) is 29.4 Å². The molecule has 1 aromatic heterocycles. The summed E-state index contributed by atoms with van der Waals surface area (Å²) in [6.07, 6.45) is 1.99. The van der Waals surface area contributed by atoms with Gasteiger partial charge in [0.1, 0.15) is 0 Å². The van der Waals surface area contributed by atoms with Crippen molar-refractivity contribution in [3.63, 3.8) is 0 Å². The van der Waals surface area contributed by atoms with Crippen molar-refractivity contribution >= 4 is 22.0 Å². The third kappa shape index (κ3) is 4.56. The second-order valence-electron chi connectivity index (χ2n) is 6.60. The number of nitrogens with one attached hydrogen (secondary N) is 1. The maximum atomic E-state index is 13.4. The number of nitrogens with zero attached hydrogens (tertiary/aromatic N) is 3. The van der Waals surface area contributed by atoms with Gasteiger partial charge in [0.05, 0.1) is 29.5 Å². The number of rotatable bonds is 6. The second kappa shape index (κ2) is 8.09. The minimum atomic E-state index is -3.02. The van der Waals surface area contributed by atoms with Crippen LogP contribution >= 0.6 is 0 Å². The summed E-state index contributed by atoms with van der Waals surface area (Å²) in [6, 6.07) is 5.61. The zero-order valence-electron chi connectivity index (χ0n) is 15.6. The highest BCUT2D eigenvalue weighted by Gasteiger charge is 2.31. The van der Waals surface area contributed by atoms with E-state index >= 15 is 0 Å². The van der Waals surface area contributed by atoms with Crippen LogP contribution in [0.25, 0.3) is 0 Å². The lowest BCUT2D eigenvalue weighted by Gasteiger charge is -2.10. The van der Waals surface area contributed by atoms with Crippen molar-refractivity contribution in [1.82, 2.24) is 15.2 Å². The zero-order valence-corrected chi connectivity index (χ0v) is 16.4. The molecule has 2 heterocycles. The molecule has 0 spiro atoms. The number of sulfone groups is 1. The third-order valence-electron chi connectivity index (χ3n) is 4.51. The highest BCUT2D eigenvalue weighted by atomic mass is 32.2. The fourth-order valence-corrected chi connectivity index (χ4v) is 4.78. The maximum Gasteiger partial charge on any atom is 0.277 e. The fourth-order valence-electron chi connectivity index (χ4n) is 3.09. The summed E-state index contributed by atoms with van der Waals surface area (Å²) in [7, 11) is -3.02. The number of halogens is 1. The van der Waals surface area contributed by atoms with Crippen molar-refractivity contribution < 1.29 is 22.3 Å². The first-order valence-electron chi connectivity index (χ1n) is 8.72. The molecule has 1 aromatic carbocycles. The maximum absolute atomic E-state index is 13.4. The quantitative estimate of drug-likeness (QED) is 0.577. The molecule has 1 N–H and O–H groups in total. The molecule has 28 heavy (non-hydrogen) atoms. The van der Waals surface area contributed by atoms with Crippen LogP contribution in [0.3, 0.4) is 0 Å². The standard InChI is InChI=1S/C18H21FN4O4S/c1-12-15(13(2)23(22-12)14-7-8-28(25,26)11-14)9-20-21-18(24)10-27-17-6-4-3-5-16(17)19/h3-6,9,14H,7-8,10-11H2,1-2H3,(H,21,24)/b20-9-/t14-/m0/s1. The molecule has 1 atom stereocenters. The number of hydrogen-bond acceptors (Lipinski definition) is 6. The Hall–Kier alpha value is -2.75. The van der Waals surface area contributed by atoms with E-state index in [1.165, 1.54) is 24.4 Å². The molecular weight excluding hydrogens is 387 g/mol. The summed E-state index contributed by atoms with van der Waals surface area (Å²) in [6.45, 7) is 3.24. The summed E-state index contributed by atoms with van der Waals surface area (Å²) in [4.78, 5) is 11.8. The predicted octanol–water partition coefficient (Wildman–Crippen LogP) is 1.53. The van der Waals surface area contributed by atoms with Crippen LogP contribution in [0.1, 0.15) is 29.4 Å². The van der Waals surface area contributed by atoms with E-state index in [0.717, 1.165) is 5.69 Å². The van der Waals surface area contributed by atoms with Crippen LogP contribution < -0.4 is 10.2 Å². The second-order valence-corrected chi connectivity index (χ2v) is 8.83. The summed E-state index contributed by atoms with van der Waals surface area (Å²) in [5, 5.41) is 8.32. The Kier molecular flexibility index (Phi) is 5.78. The molecule has 1 fully saturated rings. The first-order valence-corrected chi connectivity index (χ1v) is 10.5. The molecule has 8 nitrogen and oxygen atoms in total. The first-order chi connectivity index (χ1) is 13.3. The van der Waals surface area contributed by atoms with E-state index in [1.54, 1.807) is 17.7 Å². The molecule has 1 amide bonds. The number of hydrogen-bond donors (Lipinski definition) is 1. The highest BCUT2D eigenvalue weighted by molar-refractivity contribution is 7.91. The smallest absolute Gasteiger partial charge is 0.277 e. The van der Waals surface area contributed by atoms with E-state index in [9.17, 15) is 17.6 Å². The van der Waals surface area contributed by atoms with Crippen LogP contribution in [0.5, 0.6) is 5.75 Å². The normalized spacial score (nSPS) is 18.5. The van der Waals surface area contributed by atoms with Crippen LogP contribution in [0, 0.1) is 19.7 Å². The molecule has 0 radical (unpaired) electrons. The minimum absolute atomic E-state index is 0.0129. The van der Waals surface area contributed by atoms with Crippen molar-refractivity contribution in [2.24, 2.45) is 5.10 Å². The summed E-state index contributed by atoms with van der Waals surface area (Å²) in [5.41, 5.74) is 4.49. The molecule has 3 rings (SSSR count). The van der Waals surface area contributed by atoms with E-state index in [0.29, 0.717) is 17.7 Å². The van der Waals surface area contributed by atoms with Crippen molar-refractivity contribution in [2.75, 3.05) is 18.1 Å². The van der Waals surface area contributed by atoms with E-state index in [1.807, 2.05) is 6.92 Å². The zero-order chi connectivity index (χ0) is 20.3. The van der Waals surface area contributed by atoms with E-state index < -0.39 is 21.6 Å². The van der Waals surface area contributed by atoms with Crippen molar-refractivity contribution in [3.05, 3.63) is 47.0 Å². The van der Waals surface area contributed by atoms with Crippen LogP contribution in [-0.4, -0.2) is 48.4 Å². The molecule has 2 aromatic rings. The Balaban J connectivity index is 1.60. The lowest BCUT2D eigenvalue weighted by Crippen LogP contribution is -2.24. The van der Waals surface area contributed by atoms with E-state index in [-0.39, 0.29) is 29.9 Å². The van der Waals surface area contributed by atoms with Crippen molar-refractivity contribution in [2.45, 2.75) is 26.3 Å². The molecule has 0 aliphatic carbocycles. The van der Waals surface area contributed by atoms with Crippen LogP contribution in [-0.2, 0) is 14.6 Å². The van der Waals surface area contributed by atoms with E-state index in [4.69, 9.17) is 4.74 Å². The van der Waals surface area contributed by atoms with Gasteiger partial charge in [0, 0.05) is 11.3 Å². The number of benzene rings is 1. The van der Waals surface area contributed by atoms with E-state index in [2.05, 4.69) is 15.6 Å². The molecule has 150 valence electrons. The number of ether oxygens (including phenoxy) is 1. The Morgan fingerprint density at radius 2 is 2.18 bits per heavy atom. The first kappa shape index (κ1) is 20.0. The molecule has 0 bridgehead atoms. The molecule has 0 unspecified atom stereocenters. The Morgan fingerprint density at radius 1 is 1.43 bits per heavy atom. The SMILES string of the molecule is Cc1nn([C@H]2CCS(=O)(=O)C2)c(C)c1/C=N\NC(=O)COc1ccccc1F. The number of amides is 1. The Labute approximate surface area is 162 Å². The molecular formula is C18H21FN4O4S. The van der Waals surface area contributed by atoms with Gasteiger partial charge in [-0.2, -0.15) is 10.2 Å². The highest BCUT2D eigenvalue weighted by Crippen LogP contribution is 2.26. The van der Waals surface area contributed by atoms with Gasteiger partial charge in [-0.25, -0.2) is 18.2 Å². The van der Waals surface area contributed by atoms with Crippen molar-refractivity contribution in [1.29, 1.82) is 0 Å². The number of para-hydroxylation sites is 1. The van der Waals surface area contributed by atoms with Gasteiger partial charge in [0.15, 0.2) is 28.0 Å². The topological polar surface area (TPSA) is 103 Å². The van der Waals surface area contributed by atoms with Crippen LogP contribution in [0.2, 0.25) is 0 Å². The van der Waals surface area contributed by atoms with Gasteiger partial charge < -0.3 is 4.74 Å². The summed E-state index contributed by atoms with van der Waals surface area (Å²) in [5.74, 6) is -0.857. The fraction of sp³-hybridized carbons (Fsp3) is 0.389. The van der Waals surface area contributed by atoms with Gasteiger partial charge in [-0.3, -0.25) is 9.48 Å². The summed E-state index contributed by atoms with van der Waals surface area (Å²) >= 11 is 0. The number of carbonyl (C=O) groups is 1. The molecule has 0 saturated carbocycles. The average Bonchev–Trinajstić information content (AvgIpc) is 3.14. The van der Waals surface area contributed by atoms with Gasteiger partial charge in [-0.1, -0.05) is 12.1 Å². The molecule has 1 aliphatic rings. The Bertz CT molecular complexity index is 1020. The molecule has 10 heteroatoms. The predicted molar refractivity (Wildman–Crippen MR) is 102 cm³/mol. The molecule has 1 saturated heterocycles. The van der Waals surface area contributed by atoms with Gasteiger partial charge in [-0.15, -0.1) is 0 Å². The monoisotopic (exact) mass is 408 g/mol. The number of aryl methyl sites for hydroxylation is 1. The van der Waals surface area contributed by atoms with Gasteiger partial charge in [0.25, 0.3) is 5.91 Å². The number of aromatic nitrogens is 2.